The van der Waals surface area contributed by atoms with E-state index < -0.39 is 23.0 Å². The largest absolute Gasteiger partial charge is 0.478 e. The van der Waals surface area contributed by atoms with E-state index in [9.17, 15) is 19.1 Å². The Bertz CT molecular complexity index is 1010. The minimum Gasteiger partial charge on any atom is -0.478 e. The molecule has 1 aromatic heterocycles. The van der Waals surface area contributed by atoms with Crippen molar-refractivity contribution in [1.82, 2.24) is 14.7 Å². The molecule has 2 aromatic rings. The van der Waals surface area contributed by atoms with E-state index in [0.717, 1.165) is 19.3 Å². The summed E-state index contributed by atoms with van der Waals surface area (Å²) < 4.78 is 21.8. The maximum atomic E-state index is 14.7. The number of carboxylic acid groups (broad SMARTS) is 1. The van der Waals surface area contributed by atoms with Crippen LogP contribution in [0.1, 0.15) is 50.4 Å². The van der Waals surface area contributed by atoms with Crippen LogP contribution in [0.5, 0.6) is 0 Å². The highest BCUT2D eigenvalue weighted by molar-refractivity contribution is 6.06. The molecule has 1 N–H and O–H groups in total. The molecule has 2 aliphatic rings. The Hall–Kier alpha value is -2.84. The zero-order valence-corrected chi connectivity index (χ0v) is 17.7. The molecule has 0 unspecified atom stereocenters. The number of aromatic nitrogens is 2. The van der Waals surface area contributed by atoms with E-state index >= 15 is 0 Å². The van der Waals surface area contributed by atoms with Crippen LogP contribution in [0.25, 0.3) is 10.9 Å². The normalized spacial score (nSPS) is 19.4. The van der Waals surface area contributed by atoms with Crippen LogP contribution in [0.2, 0.25) is 0 Å². The lowest BCUT2D eigenvalue weighted by atomic mass is 10.1. The van der Waals surface area contributed by atoms with E-state index in [0.29, 0.717) is 24.2 Å². The predicted molar refractivity (Wildman–Crippen MR) is 109 cm³/mol. The van der Waals surface area contributed by atoms with Crippen LogP contribution in [0, 0.1) is 5.82 Å². The smallest absolute Gasteiger partial charge is 0.410 e. The Kier molecular flexibility index (Phi) is 4.86. The van der Waals surface area contributed by atoms with Gasteiger partial charge in [0.15, 0.2) is 0 Å². The predicted octanol–water partition coefficient (Wildman–Crippen LogP) is 3.39. The molecule has 4 rings (SSSR count). The van der Waals surface area contributed by atoms with Gasteiger partial charge in [-0.2, -0.15) is 5.10 Å². The van der Waals surface area contributed by atoms with E-state index in [2.05, 4.69) is 5.10 Å². The number of carbonyl (C=O) groups excluding carboxylic acids is 1. The van der Waals surface area contributed by atoms with Crippen LogP contribution in [-0.4, -0.2) is 62.6 Å². The molecule has 1 atom stereocenters. The summed E-state index contributed by atoms with van der Waals surface area (Å²) in [6, 6.07) is 1.42. The van der Waals surface area contributed by atoms with Gasteiger partial charge in [-0.25, -0.2) is 14.0 Å². The molecule has 0 spiro atoms. The SMILES string of the molecule is Cn1cc2c(N3CC[C@H](N(C(=O)OC(C)(C)C)C4CC4)C3)cc(F)c(C(=O)O)c2n1. The lowest BCUT2D eigenvalue weighted by Gasteiger charge is -2.32. The summed E-state index contributed by atoms with van der Waals surface area (Å²) in [6.07, 6.45) is 4.06. The van der Waals surface area contributed by atoms with Gasteiger partial charge in [0.05, 0.1) is 11.7 Å². The average Bonchev–Trinajstić information content (AvgIpc) is 3.17. The molecule has 1 aliphatic carbocycles. The Balaban J connectivity index is 1.63. The number of carboxylic acids is 1. The molecule has 1 aliphatic heterocycles. The summed E-state index contributed by atoms with van der Waals surface area (Å²) in [5, 5.41) is 14.2. The van der Waals surface area contributed by atoms with Crippen LogP contribution in [0.15, 0.2) is 12.3 Å². The molecule has 1 saturated carbocycles. The summed E-state index contributed by atoms with van der Waals surface area (Å²) in [6.45, 7) is 6.71. The van der Waals surface area contributed by atoms with E-state index in [1.807, 2.05) is 30.6 Å². The van der Waals surface area contributed by atoms with Crippen molar-refractivity contribution < 1.29 is 23.8 Å². The van der Waals surface area contributed by atoms with Crippen molar-refractivity contribution in [1.29, 1.82) is 0 Å². The second-order valence-corrected chi connectivity index (χ2v) is 9.13. The fraction of sp³-hybridized carbons (Fsp3) is 0.571. The molecule has 0 radical (unpaired) electrons. The van der Waals surface area contributed by atoms with Crippen LogP contribution in [0.3, 0.4) is 0 Å². The fourth-order valence-corrected chi connectivity index (χ4v) is 4.16. The van der Waals surface area contributed by atoms with Gasteiger partial charge in [-0.15, -0.1) is 0 Å². The maximum Gasteiger partial charge on any atom is 0.410 e. The Morgan fingerprint density at radius 1 is 1.27 bits per heavy atom. The molecule has 9 heteroatoms. The second kappa shape index (κ2) is 7.14. The molecule has 1 aromatic carbocycles. The number of carbonyl (C=O) groups is 2. The van der Waals surface area contributed by atoms with Crippen LogP contribution in [0.4, 0.5) is 14.9 Å². The van der Waals surface area contributed by atoms with Crippen LogP contribution >= 0.6 is 0 Å². The molecule has 1 amide bonds. The van der Waals surface area contributed by atoms with Crippen LogP contribution in [-0.2, 0) is 11.8 Å². The zero-order chi connectivity index (χ0) is 21.8. The van der Waals surface area contributed by atoms with Gasteiger partial charge in [0.25, 0.3) is 0 Å². The minimum atomic E-state index is -1.34. The van der Waals surface area contributed by atoms with E-state index in [4.69, 9.17) is 4.74 Å². The number of amides is 1. The first-order chi connectivity index (χ1) is 14.0. The Morgan fingerprint density at radius 3 is 2.57 bits per heavy atom. The summed E-state index contributed by atoms with van der Waals surface area (Å²) in [5.41, 5.74) is -0.253. The number of hydrogen-bond acceptors (Lipinski definition) is 5. The van der Waals surface area contributed by atoms with Crippen molar-refractivity contribution in [3.05, 3.63) is 23.6 Å². The van der Waals surface area contributed by atoms with Crippen LogP contribution < -0.4 is 4.90 Å². The highest BCUT2D eigenvalue weighted by atomic mass is 19.1. The van der Waals surface area contributed by atoms with Gasteiger partial charge < -0.3 is 19.6 Å². The standard InChI is InChI=1S/C21H27FN4O4/c1-21(2,3)30-20(29)26(12-5-6-12)13-7-8-25(10-13)16-9-15(22)17(19(27)28)18-14(16)11-24(4)23-18/h9,11-13H,5-8,10H2,1-4H3,(H,27,28)/t13-/m0/s1. The number of fused-ring (bicyclic) bond motifs is 1. The molecular weight excluding hydrogens is 391 g/mol. The van der Waals surface area contributed by atoms with Gasteiger partial charge in [-0.1, -0.05) is 0 Å². The van der Waals surface area contributed by atoms with Crippen molar-refractivity contribution in [2.24, 2.45) is 7.05 Å². The van der Waals surface area contributed by atoms with Gasteiger partial charge in [0, 0.05) is 37.8 Å². The summed E-state index contributed by atoms with van der Waals surface area (Å²) in [5.74, 6) is -2.15. The summed E-state index contributed by atoms with van der Waals surface area (Å²) in [7, 11) is 1.68. The molecular formula is C21H27FN4O4. The number of ether oxygens (including phenoxy) is 1. The van der Waals surface area contributed by atoms with Gasteiger partial charge in [-0.05, 0) is 46.1 Å². The van der Waals surface area contributed by atoms with E-state index in [1.54, 1.807) is 13.2 Å². The number of hydrogen-bond donors (Lipinski definition) is 1. The summed E-state index contributed by atoms with van der Waals surface area (Å²) >= 11 is 0. The number of nitrogens with zero attached hydrogens (tertiary/aromatic N) is 4. The first-order valence-corrected chi connectivity index (χ1v) is 10.2. The average molecular weight is 418 g/mol. The third-order valence-electron chi connectivity index (χ3n) is 5.50. The molecule has 30 heavy (non-hydrogen) atoms. The lowest BCUT2D eigenvalue weighted by Crippen LogP contribution is -2.46. The van der Waals surface area contributed by atoms with Gasteiger partial charge in [0.1, 0.15) is 22.5 Å². The van der Waals surface area contributed by atoms with E-state index in [-0.39, 0.29) is 23.7 Å². The van der Waals surface area contributed by atoms with Gasteiger partial charge in [0.2, 0.25) is 0 Å². The molecule has 162 valence electrons. The topological polar surface area (TPSA) is 87.9 Å². The molecule has 8 nitrogen and oxygen atoms in total. The number of aromatic carboxylic acids is 1. The highest BCUT2D eigenvalue weighted by Crippen LogP contribution is 2.37. The maximum absolute atomic E-state index is 14.7. The lowest BCUT2D eigenvalue weighted by molar-refractivity contribution is 0.0158. The molecule has 1 saturated heterocycles. The number of rotatable bonds is 4. The van der Waals surface area contributed by atoms with Crippen molar-refractivity contribution in [3.8, 4) is 0 Å². The molecule has 2 heterocycles. The van der Waals surface area contributed by atoms with Crippen molar-refractivity contribution >= 4 is 28.7 Å². The molecule has 2 fully saturated rings. The Morgan fingerprint density at radius 2 is 1.97 bits per heavy atom. The zero-order valence-electron chi connectivity index (χ0n) is 17.7. The number of halogens is 1. The second-order valence-electron chi connectivity index (χ2n) is 9.13. The number of anilines is 1. The van der Waals surface area contributed by atoms with E-state index in [1.165, 1.54) is 10.7 Å². The van der Waals surface area contributed by atoms with Gasteiger partial charge >= 0.3 is 12.1 Å². The number of aryl methyl sites for hydroxylation is 1. The summed E-state index contributed by atoms with van der Waals surface area (Å²) in [4.78, 5) is 28.2. The van der Waals surface area contributed by atoms with Crippen molar-refractivity contribution in [2.75, 3.05) is 18.0 Å². The minimum absolute atomic E-state index is 0.0405. The third-order valence-corrected chi connectivity index (χ3v) is 5.50. The van der Waals surface area contributed by atoms with Crippen molar-refractivity contribution in [2.45, 2.75) is 57.7 Å². The quantitative estimate of drug-likeness (QED) is 0.819. The monoisotopic (exact) mass is 418 g/mol. The number of benzene rings is 1. The first-order valence-electron chi connectivity index (χ1n) is 10.2. The first kappa shape index (κ1) is 20.4. The highest BCUT2D eigenvalue weighted by Gasteiger charge is 2.42. The molecule has 0 bridgehead atoms. The third kappa shape index (κ3) is 3.80. The fourth-order valence-electron chi connectivity index (χ4n) is 4.16. The van der Waals surface area contributed by atoms with Gasteiger partial charge in [-0.3, -0.25) is 4.68 Å². The van der Waals surface area contributed by atoms with Crippen molar-refractivity contribution in [3.63, 3.8) is 0 Å². The Labute approximate surface area is 174 Å².